The van der Waals surface area contributed by atoms with E-state index in [1.165, 1.54) is 19.3 Å². The summed E-state index contributed by atoms with van der Waals surface area (Å²) >= 11 is 0. The van der Waals surface area contributed by atoms with E-state index in [1.807, 2.05) is 61.5 Å². The molecular formula is C25H28N2O3. The summed E-state index contributed by atoms with van der Waals surface area (Å²) in [7, 11) is 0. The van der Waals surface area contributed by atoms with Crippen LogP contribution in [0.3, 0.4) is 0 Å². The highest BCUT2D eigenvalue weighted by atomic mass is 16.5. The molecule has 2 atom stereocenters. The second-order valence-corrected chi connectivity index (χ2v) is 8.04. The molecule has 1 aliphatic rings. The minimum Gasteiger partial charge on any atom is -0.487 e. The molecule has 3 aromatic rings. The predicted octanol–water partition coefficient (Wildman–Crippen LogP) is 5.54. The SMILES string of the molecule is Cc1oc(-c2ccc(C(=O)N[C@@H]3CCCC[C@@H]3C)cc2)nc1COc1ccccc1. The first-order chi connectivity index (χ1) is 14.6. The summed E-state index contributed by atoms with van der Waals surface area (Å²) in [5.74, 6) is 2.58. The number of ether oxygens (including phenoxy) is 1. The Bertz CT molecular complexity index is 979. The average Bonchev–Trinajstić information content (AvgIpc) is 3.15. The van der Waals surface area contributed by atoms with Crippen LogP contribution in [0.15, 0.2) is 59.0 Å². The number of aromatic nitrogens is 1. The van der Waals surface area contributed by atoms with E-state index in [2.05, 4.69) is 17.2 Å². The molecule has 1 aromatic heterocycles. The van der Waals surface area contributed by atoms with Crippen molar-refractivity contribution >= 4 is 5.91 Å². The highest BCUT2D eigenvalue weighted by Crippen LogP contribution is 2.25. The topological polar surface area (TPSA) is 64.4 Å². The van der Waals surface area contributed by atoms with Gasteiger partial charge in [-0.3, -0.25) is 4.79 Å². The lowest BCUT2D eigenvalue weighted by molar-refractivity contribution is 0.0910. The van der Waals surface area contributed by atoms with Gasteiger partial charge in [-0.15, -0.1) is 0 Å². The minimum atomic E-state index is -0.0131. The molecule has 1 heterocycles. The van der Waals surface area contributed by atoms with Crippen LogP contribution in [0.2, 0.25) is 0 Å². The molecule has 156 valence electrons. The number of nitrogens with zero attached hydrogens (tertiary/aromatic N) is 1. The normalized spacial score (nSPS) is 18.7. The van der Waals surface area contributed by atoms with E-state index >= 15 is 0 Å². The van der Waals surface area contributed by atoms with Crippen molar-refractivity contribution in [3.8, 4) is 17.2 Å². The van der Waals surface area contributed by atoms with E-state index in [1.54, 1.807) is 0 Å². The van der Waals surface area contributed by atoms with Gasteiger partial charge in [0.25, 0.3) is 5.91 Å². The quantitative estimate of drug-likeness (QED) is 0.586. The van der Waals surface area contributed by atoms with E-state index in [0.29, 0.717) is 24.0 Å². The number of nitrogens with one attached hydrogen (secondary N) is 1. The van der Waals surface area contributed by atoms with Crippen LogP contribution in [-0.2, 0) is 6.61 Å². The van der Waals surface area contributed by atoms with Gasteiger partial charge in [0, 0.05) is 17.2 Å². The Morgan fingerprint density at radius 3 is 2.57 bits per heavy atom. The first-order valence-electron chi connectivity index (χ1n) is 10.7. The van der Waals surface area contributed by atoms with Crippen molar-refractivity contribution in [3.63, 3.8) is 0 Å². The van der Waals surface area contributed by atoms with Crippen LogP contribution >= 0.6 is 0 Å². The number of carbonyl (C=O) groups excluding carboxylic acids is 1. The smallest absolute Gasteiger partial charge is 0.251 e. The molecule has 0 radical (unpaired) electrons. The van der Waals surface area contributed by atoms with Crippen LogP contribution in [0.4, 0.5) is 0 Å². The largest absolute Gasteiger partial charge is 0.487 e. The van der Waals surface area contributed by atoms with Crippen LogP contribution in [0.5, 0.6) is 5.75 Å². The molecule has 1 saturated carbocycles. The van der Waals surface area contributed by atoms with Gasteiger partial charge in [0.05, 0.1) is 0 Å². The second kappa shape index (κ2) is 9.16. The predicted molar refractivity (Wildman–Crippen MR) is 116 cm³/mol. The first-order valence-corrected chi connectivity index (χ1v) is 10.7. The first kappa shape index (κ1) is 20.2. The number of carbonyl (C=O) groups is 1. The van der Waals surface area contributed by atoms with Crippen LogP contribution in [-0.4, -0.2) is 16.9 Å². The number of hydrogen-bond acceptors (Lipinski definition) is 4. The van der Waals surface area contributed by atoms with E-state index in [4.69, 9.17) is 9.15 Å². The lowest BCUT2D eigenvalue weighted by atomic mass is 9.86. The molecule has 0 saturated heterocycles. The van der Waals surface area contributed by atoms with E-state index in [-0.39, 0.29) is 11.9 Å². The number of benzene rings is 2. The Morgan fingerprint density at radius 1 is 1.10 bits per heavy atom. The fourth-order valence-electron chi connectivity index (χ4n) is 3.90. The van der Waals surface area contributed by atoms with Crippen molar-refractivity contribution in [3.05, 3.63) is 71.6 Å². The summed E-state index contributed by atoms with van der Waals surface area (Å²) in [5, 5.41) is 3.20. The standard InChI is InChI=1S/C25H28N2O3/c1-17-8-6-7-11-22(17)26-24(28)19-12-14-20(15-13-19)25-27-23(18(2)30-25)16-29-21-9-4-3-5-10-21/h3-5,9-10,12-15,17,22H,6-8,11,16H2,1-2H3,(H,26,28)/t17-,22+/m0/s1. The van der Waals surface area contributed by atoms with Crippen molar-refractivity contribution in [1.82, 2.24) is 10.3 Å². The Hall–Kier alpha value is -3.08. The summed E-state index contributed by atoms with van der Waals surface area (Å²) in [4.78, 5) is 17.2. The summed E-state index contributed by atoms with van der Waals surface area (Å²) in [5.41, 5.74) is 2.26. The van der Waals surface area contributed by atoms with Crippen LogP contribution < -0.4 is 10.1 Å². The lowest BCUT2D eigenvalue weighted by Gasteiger charge is -2.29. The van der Waals surface area contributed by atoms with E-state index in [9.17, 15) is 4.79 Å². The highest BCUT2D eigenvalue weighted by molar-refractivity contribution is 5.94. The molecule has 0 unspecified atom stereocenters. The van der Waals surface area contributed by atoms with Gasteiger partial charge in [-0.1, -0.05) is 38.0 Å². The van der Waals surface area contributed by atoms with Gasteiger partial charge in [-0.05, 0) is 62.1 Å². The van der Waals surface area contributed by atoms with Crippen molar-refractivity contribution in [2.24, 2.45) is 5.92 Å². The molecule has 5 heteroatoms. The lowest BCUT2D eigenvalue weighted by Crippen LogP contribution is -2.41. The Morgan fingerprint density at radius 2 is 1.83 bits per heavy atom. The van der Waals surface area contributed by atoms with Crippen molar-refractivity contribution in [2.75, 3.05) is 0 Å². The molecule has 1 aliphatic carbocycles. The molecule has 0 spiro atoms. The number of hydrogen-bond donors (Lipinski definition) is 1. The molecule has 1 amide bonds. The monoisotopic (exact) mass is 404 g/mol. The minimum absolute atomic E-state index is 0.0131. The molecule has 5 nitrogen and oxygen atoms in total. The Labute approximate surface area is 177 Å². The summed E-state index contributed by atoms with van der Waals surface area (Å²) in [6.07, 6.45) is 4.70. The van der Waals surface area contributed by atoms with Gasteiger partial charge < -0.3 is 14.5 Å². The van der Waals surface area contributed by atoms with Gasteiger partial charge in [-0.2, -0.15) is 0 Å². The number of para-hydroxylation sites is 1. The molecule has 1 N–H and O–H groups in total. The van der Waals surface area contributed by atoms with E-state index in [0.717, 1.165) is 29.2 Å². The fourth-order valence-corrected chi connectivity index (χ4v) is 3.90. The number of amides is 1. The van der Waals surface area contributed by atoms with Crippen LogP contribution in [0.25, 0.3) is 11.5 Å². The van der Waals surface area contributed by atoms with Gasteiger partial charge in [0.15, 0.2) is 0 Å². The zero-order valence-electron chi connectivity index (χ0n) is 17.6. The molecule has 4 rings (SSSR count). The Balaban J connectivity index is 1.40. The highest BCUT2D eigenvalue weighted by Gasteiger charge is 2.23. The van der Waals surface area contributed by atoms with Crippen molar-refractivity contribution in [1.29, 1.82) is 0 Å². The van der Waals surface area contributed by atoms with E-state index < -0.39 is 0 Å². The number of oxazole rings is 1. The fraction of sp³-hybridized carbons (Fsp3) is 0.360. The zero-order valence-corrected chi connectivity index (χ0v) is 17.6. The summed E-state index contributed by atoms with van der Waals surface area (Å²) < 4.78 is 11.6. The van der Waals surface area contributed by atoms with Gasteiger partial charge in [0.1, 0.15) is 23.8 Å². The maximum absolute atomic E-state index is 12.6. The molecule has 2 aromatic carbocycles. The third-order valence-electron chi connectivity index (χ3n) is 5.83. The van der Waals surface area contributed by atoms with Crippen molar-refractivity contribution < 1.29 is 13.9 Å². The summed E-state index contributed by atoms with van der Waals surface area (Å²) in [6, 6.07) is 17.3. The number of aryl methyl sites for hydroxylation is 1. The average molecular weight is 405 g/mol. The molecule has 1 fully saturated rings. The third kappa shape index (κ3) is 4.73. The van der Waals surface area contributed by atoms with Crippen LogP contribution in [0, 0.1) is 12.8 Å². The third-order valence-corrected chi connectivity index (χ3v) is 5.83. The molecule has 0 aliphatic heterocycles. The number of rotatable bonds is 6. The van der Waals surface area contributed by atoms with Gasteiger partial charge in [-0.25, -0.2) is 4.98 Å². The van der Waals surface area contributed by atoms with Gasteiger partial charge >= 0.3 is 0 Å². The maximum Gasteiger partial charge on any atom is 0.251 e. The summed E-state index contributed by atoms with van der Waals surface area (Å²) in [6.45, 7) is 4.45. The Kier molecular flexibility index (Phi) is 6.17. The van der Waals surface area contributed by atoms with Crippen molar-refractivity contribution in [2.45, 2.75) is 52.2 Å². The van der Waals surface area contributed by atoms with Gasteiger partial charge in [0.2, 0.25) is 5.89 Å². The molecule has 30 heavy (non-hydrogen) atoms. The maximum atomic E-state index is 12.6. The second-order valence-electron chi connectivity index (χ2n) is 8.04. The van der Waals surface area contributed by atoms with Crippen LogP contribution in [0.1, 0.15) is 54.4 Å². The zero-order chi connectivity index (χ0) is 20.9. The molecular weight excluding hydrogens is 376 g/mol. The molecule has 0 bridgehead atoms.